The molecule has 102 valence electrons. The number of hydrogen-bond acceptors (Lipinski definition) is 1. The number of nitrogens with one attached hydrogen (secondary N) is 1. The van der Waals surface area contributed by atoms with Gasteiger partial charge in [0.2, 0.25) is 5.91 Å². The van der Waals surface area contributed by atoms with Gasteiger partial charge in [0.25, 0.3) is 0 Å². The third-order valence-corrected chi connectivity index (χ3v) is 5.26. The summed E-state index contributed by atoms with van der Waals surface area (Å²) in [6, 6.07) is 0. The monoisotopic (exact) mass is 369 g/mol. The van der Waals surface area contributed by atoms with Crippen molar-refractivity contribution in [2.45, 2.75) is 64.3 Å². The summed E-state index contributed by atoms with van der Waals surface area (Å²) >= 11 is 6.85. The van der Waals surface area contributed by atoms with E-state index in [-0.39, 0.29) is 11.4 Å². The van der Waals surface area contributed by atoms with Gasteiger partial charge < -0.3 is 5.32 Å². The molecule has 17 heavy (non-hydrogen) atoms. The van der Waals surface area contributed by atoms with Gasteiger partial charge in [-0.2, -0.15) is 0 Å². The van der Waals surface area contributed by atoms with Gasteiger partial charge in [0.1, 0.15) is 0 Å². The molecule has 0 rings (SSSR count). The fraction of sp³-hybridized carbons (Fsp3) is 0.923. The van der Waals surface area contributed by atoms with Crippen LogP contribution in [0, 0.1) is 0 Å². The molecule has 4 heteroatoms. The van der Waals surface area contributed by atoms with E-state index < -0.39 is 0 Å². The predicted octanol–water partition coefficient (Wildman–Crippen LogP) is 4.40. The molecule has 0 aliphatic rings. The van der Waals surface area contributed by atoms with Gasteiger partial charge in [0.15, 0.2) is 0 Å². The minimum Gasteiger partial charge on any atom is -0.349 e. The molecule has 0 aromatic rings. The second kappa shape index (κ2) is 10.4. The van der Waals surface area contributed by atoms with Crippen molar-refractivity contribution >= 4 is 37.8 Å². The van der Waals surface area contributed by atoms with Crippen molar-refractivity contribution in [1.29, 1.82) is 0 Å². The van der Waals surface area contributed by atoms with Gasteiger partial charge in [0, 0.05) is 17.1 Å². The van der Waals surface area contributed by atoms with Crippen molar-refractivity contribution in [3.05, 3.63) is 0 Å². The number of amides is 1. The minimum absolute atomic E-state index is 0.167. The SMILES string of the molecule is CCCCCCCCC(=O)NC(C)(CBr)CBr. The molecule has 0 atom stereocenters. The second-order valence-corrected chi connectivity index (χ2v) is 6.02. The molecule has 0 unspecified atom stereocenters. The Morgan fingerprint density at radius 2 is 1.59 bits per heavy atom. The Bertz CT molecular complexity index is 206. The van der Waals surface area contributed by atoms with Gasteiger partial charge in [-0.1, -0.05) is 70.9 Å². The standard InChI is InChI=1S/C13H25Br2NO/c1-3-4-5-6-7-8-9-12(17)16-13(2,10-14)11-15/h3-11H2,1-2H3,(H,16,17). The normalized spacial score (nSPS) is 11.5. The van der Waals surface area contributed by atoms with Crippen LogP contribution < -0.4 is 5.32 Å². The van der Waals surface area contributed by atoms with Crippen molar-refractivity contribution in [1.82, 2.24) is 5.32 Å². The zero-order valence-electron chi connectivity index (χ0n) is 11.0. The maximum absolute atomic E-state index is 11.7. The van der Waals surface area contributed by atoms with Gasteiger partial charge in [-0.05, 0) is 13.3 Å². The lowest BCUT2D eigenvalue weighted by Crippen LogP contribution is -2.48. The highest BCUT2D eigenvalue weighted by molar-refractivity contribution is 9.09. The Balaban J connectivity index is 3.59. The third kappa shape index (κ3) is 9.06. The number of carbonyl (C=O) groups excluding carboxylic acids is 1. The lowest BCUT2D eigenvalue weighted by molar-refractivity contribution is -0.122. The summed E-state index contributed by atoms with van der Waals surface area (Å²) in [6.45, 7) is 4.25. The summed E-state index contributed by atoms with van der Waals surface area (Å²) < 4.78 is 0. The van der Waals surface area contributed by atoms with Gasteiger partial charge in [0.05, 0.1) is 5.54 Å². The predicted molar refractivity (Wildman–Crippen MR) is 82.1 cm³/mol. The topological polar surface area (TPSA) is 29.1 Å². The summed E-state index contributed by atoms with van der Waals surface area (Å²) in [6.07, 6.45) is 7.99. The van der Waals surface area contributed by atoms with E-state index in [0.717, 1.165) is 17.1 Å². The zero-order valence-corrected chi connectivity index (χ0v) is 14.2. The number of rotatable bonds is 10. The van der Waals surface area contributed by atoms with E-state index in [4.69, 9.17) is 0 Å². The molecular formula is C13H25Br2NO. The quantitative estimate of drug-likeness (QED) is 0.448. The van der Waals surface area contributed by atoms with E-state index in [0.29, 0.717) is 6.42 Å². The van der Waals surface area contributed by atoms with E-state index in [9.17, 15) is 4.79 Å². The number of unbranched alkanes of at least 4 members (excludes halogenated alkanes) is 5. The Morgan fingerprint density at radius 1 is 1.06 bits per heavy atom. The van der Waals surface area contributed by atoms with E-state index in [1.54, 1.807) is 0 Å². The van der Waals surface area contributed by atoms with Crippen LogP contribution in [0.3, 0.4) is 0 Å². The molecule has 0 aliphatic heterocycles. The molecule has 0 saturated carbocycles. The molecule has 0 saturated heterocycles. The van der Waals surface area contributed by atoms with Crippen LogP contribution in [0.25, 0.3) is 0 Å². The first-order valence-electron chi connectivity index (χ1n) is 6.51. The molecule has 0 radical (unpaired) electrons. The van der Waals surface area contributed by atoms with Crippen molar-refractivity contribution < 1.29 is 4.79 Å². The summed E-state index contributed by atoms with van der Waals surface area (Å²) in [5, 5.41) is 4.60. The number of alkyl halides is 2. The average molecular weight is 371 g/mol. The molecule has 0 heterocycles. The van der Waals surface area contributed by atoms with Crippen molar-refractivity contribution in [3.8, 4) is 0 Å². The lowest BCUT2D eigenvalue weighted by atomic mass is 10.1. The maximum atomic E-state index is 11.7. The maximum Gasteiger partial charge on any atom is 0.220 e. The molecule has 2 nitrogen and oxygen atoms in total. The molecule has 0 spiro atoms. The zero-order chi connectivity index (χ0) is 13.1. The highest BCUT2D eigenvalue weighted by atomic mass is 79.9. The average Bonchev–Trinajstić information content (AvgIpc) is 2.33. The van der Waals surface area contributed by atoms with E-state index in [2.05, 4.69) is 44.1 Å². The molecule has 1 N–H and O–H groups in total. The van der Waals surface area contributed by atoms with Gasteiger partial charge >= 0.3 is 0 Å². The summed E-state index contributed by atoms with van der Waals surface area (Å²) in [4.78, 5) is 11.7. The van der Waals surface area contributed by atoms with Crippen LogP contribution >= 0.6 is 31.9 Å². The van der Waals surface area contributed by atoms with Crippen LogP contribution in [-0.2, 0) is 4.79 Å². The molecule has 0 aromatic carbocycles. The van der Waals surface area contributed by atoms with Gasteiger partial charge in [-0.3, -0.25) is 4.79 Å². The fourth-order valence-corrected chi connectivity index (χ4v) is 2.78. The highest BCUT2D eigenvalue weighted by Gasteiger charge is 2.23. The van der Waals surface area contributed by atoms with E-state index in [1.165, 1.54) is 32.1 Å². The van der Waals surface area contributed by atoms with E-state index >= 15 is 0 Å². The molecule has 0 aliphatic carbocycles. The molecule has 0 aromatic heterocycles. The van der Waals surface area contributed by atoms with Crippen molar-refractivity contribution in [2.75, 3.05) is 10.7 Å². The minimum atomic E-state index is -0.167. The van der Waals surface area contributed by atoms with E-state index in [1.807, 2.05) is 6.92 Å². The Morgan fingerprint density at radius 3 is 2.12 bits per heavy atom. The Labute approximate surface area is 123 Å². The molecular weight excluding hydrogens is 346 g/mol. The summed E-state index contributed by atoms with van der Waals surface area (Å²) in [5.74, 6) is 0.168. The Hall–Kier alpha value is 0.430. The van der Waals surface area contributed by atoms with Crippen LogP contribution in [0.2, 0.25) is 0 Å². The largest absolute Gasteiger partial charge is 0.349 e. The first-order chi connectivity index (χ1) is 8.08. The summed E-state index contributed by atoms with van der Waals surface area (Å²) in [7, 11) is 0. The number of halogens is 2. The second-order valence-electron chi connectivity index (χ2n) is 4.89. The van der Waals surface area contributed by atoms with Crippen LogP contribution in [-0.4, -0.2) is 22.1 Å². The summed E-state index contributed by atoms with van der Waals surface area (Å²) in [5.41, 5.74) is -0.167. The smallest absolute Gasteiger partial charge is 0.220 e. The van der Waals surface area contributed by atoms with Gasteiger partial charge in [-0.15, -0.1) is 0 Å². The first kappa shape index (κ1) is 17.4. The van der Waals surface area contributed by atoms with Crippen LogP contribution in [0.15, 0.2) is 0 Å². The molecule has 1 amide bonds. The highest BCUT2D eigenvalue weighted by Crippen LogP contribution is 2.12. The van der Waals surface area contributed by atoms with Crippen LogP contribution in [0.4, 0.5) is 0 Å². The lowest BCUT2D eigenvalue weighted by Gasteiger charge is -2.26. The van der Waals surface area contributed by atoms with Crippen LogP contribution in [0.5, 0.6) is 0 Å². The van der Waals surface area contributed by atoms with Crippen molar-refractivity contribution in [3.63, 3.8) is 0 Å². The molecule has 0 fully saturated rings. The fourth-order valence-electron chi connectivity index (χ4n) is 1.57. The number of carbonyl (C=O) groups is 1. The van der Waals surface area contributed by atoms with Gasteiger partial charge in [-0.25, -0.2) is 0 Å². The Kier molecular flexibility index (Phi) is 10.6. The number of hydrogen-bond donors (Lipinski definition) is 1. The van der Waals surface area contributed by atoms with Crippen LogP contribution in [0.1, 0.15) is 58.8 Å². The molecule has 0 bridgehead atoms. The third-order valence-electron chi connectivity index (χ3n) is 2.79. The van der Waals surface area contributed by atoms with Crippen molar-refractivity contribution in [2.24, 2.45) is 0 Å². The first-order valence-corrected chi connectivity index (χ1v) is 8.75.